The number of nitrogens with zero attached hydrogens (tertiary/aromatic N) is 1. The van der Waals surface area contributed by atoms with E-state index < -0.39 is 0 Å². The fourth-order valence-electron chi connectivity index (χ4n) is 2.83. The Morgan fingerprint density at radius 3 is 2.88 bits per heavy atom. The standard InChI is InChI=1S/C20H23N3O2/c1-14-9-10-15(12-18(14)25-2)13-20(24)21-11-5-8-19-22-16-6-3-4-7-17(16)23-19/h3-4,6-7,9-10,12H,5,8,11,13H2,1-2H3,(H,21,24)(H,22,23). The second kappa shape index (κ2) is 7.83. The van der Waals surface area contributed by atoms with Crippen LogP contribution in [-0.4, -0.2) is 29.5 Å². The largest absolute Gasteiger partial charge is 0.496 e. The average molecular weight is 337 g/mol. The molecule has 0 fully saturated rings. The number of hydrogen-bond donors (Lipinski definition) is 2. The lowest BCUT2D eigenvalue weighted by molar-refractivity contribution is -0.120. The SMILES string of the molecule is COc1cc(CC(=O)NCCCc2nc3ccccc3[nH]2)ccc1C. The lowest BCUT2D eigenvalue weighted by atomic mass is 10.1. The highest BCUT2D eigenvalue weighted by atomic mass is 16.5. The van der Waals surface area contributed by atoms with Crippen LogP contribution in [0.5, 0.6) is 5.75 Å². The molecule has 0 radical (unpaired) electrons. The Kier molecular flexibility index (Phi) is 5.33. The van der Waals surface area contributed by atoms with Crippen LogP contribution in [0, 0.1) is 6.92 Å². The molecule has 3 rings (SSSR count). The zero-order valence-electron chi connectivity index (χ0n) is 14.6. The van der Waals surface area contributed by atoms with E-state index in [-0.39, 0.29) is 5.91 Å². The molecular weight excluding hydrogens is 314 g/mol. The van der Waals surface area contributed by atoms with Crippen molar-refractivity contribution in [2.24, 2.45) is 0 Å². The number of carbonyl (C=O) groups is 1. The van der Waals surface area contributed by atoms with E-state index in [0.717, 1.165) is 46.6 Å². The number of benzene rings is 2. The fourth-order valence-corrected chi connectivity index (χ4v) is 2.83. The Morgan fingerprint density at radius 1 is 1.24 bits per heavy atom. The number of H-pyrrole nitrogens is 1. The monoisotopic (exact) mass is 337 g/mol. The van der Waals surface area contributed by atoms with Crippen LogP contribution in [0.4, 0.5) is 0 Å². The van der Waals surface area contributed by atoms with Crippen molar-refractivity contribution in [3.8, 4) is 5.75 Å². The molecule has 2 aromatic carbocycles. The van der Waals surface area contributed by atoms with Crippen LogP contribution < -0.4 is 10.1 Å². The van der Waals surface area contributed by atoms with Crippen LogP contribution in [0.3, 0.4) is 0 Å². The molecule has 0 spiro atoms. The molecule has 0 aliphatic rings. The first-order valence-electron chi connectivity index (χ1n) is 8.49. The Hall–Kier alpha value is -2.82. The maximum Gasteiger partial charge on any atom is 0.224 e. The predicted molar refractivity (Wildman–Crippen MR) is 98.9 cm³/mol. The van der Waals surface area contributed by atoms with Gasteiger partial charge in [0.25, 0.3) is 0 Å². The number of carbonyl (C=O) groups excluding carboxylic acids is 1. The second-order valence-corrected chi connectivity index (χ2v) is 6.13. The number of amides is 1. The van der Waals surface area contributed by atoms with Gasteiger partial charge in [0.1, 0.15) is 11.6 Å². The zero-order valence-corrected chi connectivity index (χ0v) is 14.6. The topological polar surface area (TPSA) is 67.0 Å². The molecule has 1 aromatic heterocycles. The number of aryl methyl sites for hydroxylation is 2. The molecule has 1 heterocycles. The van der Waals surface area contributed by atoms with E-state index >= 15 is 0 Å². The molecule has 2 N–H and O–H groups in total. The molecule has 0 saturated carbocycles. The Labute approximate surface area is 147 Å². The Bertz CT molecular complexity index is 837. The lowest BCUT2D eigenvalue weighted by Gasteiger charge is -2.08. The number of methoxy groups -OCH3 is 1. The molecule has 0 bridgehead atoms. The summed E-state index contributed by atoms with van der Waals surface area (Å²) in [6, 6.07) is 13.8. The molecule has 0 saturated heterocycles. The molecule has 0 atom stereocenters. The first-order valence-corrected chi connectivity index (χ1v) is 8.49. The van der Waals surface area contributed by atoms with Gasteiger partial charge >= 0.3 is 0 Å². The Balaban J connectivity index is 1.44. The summed E-state index contributed by atoms with van der Waals surface area (Å²) in [5, 5.41) is 2.97. The number of hydrogen-bond acceptors (Lipinski definition) is 3. The van der Waals surface area contributed by atoms with E-state index in [9.17, 15) is 4.79 Å². The van der Waals surface area contributed by atoms with Crippen molar-refractivity contribution in [3.63, 3.8) is 0 Å². The summed E-state index contributed by atoms with van der Waals surface area (Å²) < 4.78 is 5.30. The third-order valence-corrected chi connectivity index (χ3v) is 4.19. The molecule has 0 aliphatic carbocycles. The molecule has 3 aromatic rings. The van der Waals surface area contributed by atoms with Crippen molar-refractivity contribution >= 4 is 16.9 Å². The minimum Gasteiger partial charge on any atom is -0.496 e. The summed E-state index contributed by atoms with van der Waals surface area (Å²) in [6.07, 6.45) is 2.03. The smallest absolute Gasteiger partial charge is 0.224 e. The van der Waals surface area contributed by atoms with Gasteiger partial charge in [-0.2, -0.15) is 0 Å². The first kappa shape index (κ1) is 17.0. The Morgan fingerprint density at radius 2 is 2.08 bits per heavy atom. The molecule has 25 heavy (non-hydrogen) atoms. The maximum atomic E-state index is 12.1. The van der Waals surface area contributed by atoms with Gasteiger partial charge in [0.2, 0.25) is 5.91 Å². The van der Waals surface area contributed by atoms with Gasteiger partial charge in [-0.05, 0) is 42.7 Å². The number of fused-ring (bicyclic) bond motifs is 1. The minimum absolute atomic E-state index is 0.0236. The van der Waals surface area contributed by atoms with E-state index in [4.69, 9.17) is 4.74 Å². The third-order valence-electron chi connectivity index (χ3n) is 4.19. The van der Waals surface area contributed by atoms with Gasteiger partial charge in [-0.1, -0.05) is 24.3 Å². The minimum atomic E-state index is 0.0236. The van der Waals surface area contributed by atoms with Gasteiger partial charge < -0.3 is 15.0 Å². The van der Waals surface area contributed by atoms with Gasteiger partial charge in [0.05, 0.1) is 24.6 Å². The highest BCUT2D eigenvalue weighted by molar-refractivity contribution is 5.78. The van der Waals surface area contributed by atoms with E-state index in [2.05, 4.69) is 15.3 Å². The van der Waals surface area contributed by atoms with Gasteiger partial charge in [-0.25, -0.2) is 4.98 Å². The number of nitrogens with one attached hydrogen (secondary N) is 2. The fraction of sp³-hybridized carbons (Fsp3) is 0.300. The normalized spacial score (nSPS) is 10.8. The van der Waals surface area contributed by atoms with E-state index in [0.29, 0.717) is 13.0 Å². The lowest BCUT2D eigenvalue weighted by Crippen LogP contribution is -2.26. The molecule has 0 aliphatic heterocycles. The van der Waals surface area contributed by atoms with Crippen molar-refractivity contribution < 1.29 is 9.53 Å². The quantitative estimate of drug-likeness (QED) is 0.651. The number of imidazole rings is 1. The zero-order chi connectivity index (χ0) is 17.6. The summed E-state index contributed by atoms with van der Waals surface area (Å²) in [7, 11) is 1.64. The highest BCUT2D eigenvalue weighted by Crippen LogP contribution is 2.19. The van der Waals surface area contributed by atoms with Gasteiger partial charge in [0, 0.05) is 13.0 Å². The van der Waals surface area contributed by atoms with Crippen molar-refractivity contribution in [3.05, 3.63) is 59.4 Å². The van der Waals surface area contributed by atoms with Crippen LogP contribution in [0.2, 0.25) is 0 Å². The molecule has 5 heteroatoms. The molecule has 130 valence electrons. The number of aromatic amines is 1. The summed E-state index contributed by atoms with van der Waals surface area (Å²) >= 11 is 0. The van der Waals surface area contributed by atoms with Gasteiger partial charge in [-0.3, -0.25) is 4.79 Å². The number of para-hydroxylation sites is 2. The summed E-state index contributed by atoms with van der Waals surface area (Å²) in [6.45, 7) is 2.62. The van der Waals surface area contributed by atoms with E-state index in [1.54, 1.807) is 7.11 Å². The number of aromatic nitrogens is 2. The van der Waals surface area contributed by atoms with Crippen LogP contribution in [0.15, 0.2) is 42.5 Å². The second-order valence-electron chi connectivity index (χ2n) is 6.13. The summed E-state index contributed by atoms with van der Waals surface area (Å²) in [5.74, 6) is 1.80. The van der Waals surface area contributed by atoms with E-state index in [1.165, 1.54) is 0 Å². The van der Waals surface area contributed by atoms with Gasteiger partial charge in [0.15, 0.2) is 0 Å². The van der Waals surface area contributed by atoms with E-state index in [1.807, 2.05) is 49.4 Å². The van der Waals surface area contributed by atoms with Gasteiger partial charge in [-0.15, -0.1) is 0 Å². The van der Waals surface area contributed by atoms with Crippen LogP contribution in [0.1, 0.15) is 23.4 Å². The van der Waals surface area contributed by atoms with Crippen LogP contribution >= 0.6 is 0 Å². The van der Waals surface area contributed by atoms with Crippen molar-refractivity contribution in [1.29, 1.82) is 0 Å². The highest BCUT2D eigenvalue weighted by Gasteiger charge is 2.06. The third kappa shape index (κ3) is 4.38. The maximum absolute atomic E-state index is 12.1. The molecule has 0 unspecified atom stereocenters. The van der Waals surface area contributed by atoms with Crippen LogP contribution in [0.25, 0.3) is 11.0 Å². The van der Waals surface area contributed by atoms with Crippen molar-refractivity contribution in [2.75, 3.05) is 13.7 Å². The van der Waals surface area contributed by atoms with Crippen LogP contribution in [-0.2, 0) is 17.6 Å². The molecular formula is C20H23N3O2. The number of ether oxygens (including phenoxy) is 1. The van der Waals surface area contributed by atoms with Crippen molar-refractivity contribution in [2.45, 2.75) is 26.2 Å². The predicted octanol–water partition coefficient (Wildman–Crippen LogP) is 3.17. The van der Waals surface area contributed by atoms with Crippen molar-refractivity contribution in [1.82, 2.24) is 15.3 Å². The average Bonchev–Trinajstić information content (AvgIpc) is 3.03. The molecule has 1 amide bonds. The summed E-state index contributed by atoms with van der Waals surface area (Å²) in [5.41, 5.74) is 4.06. The first-order chi connectivity index (χ1) is 12.2. The number of rotatable bonds is 7. The summed E-state index contributed by atoms with van der Waals surface area (Å²) in [4.78, 5) is 19.9. The molecule has 5 nitrogen and oxygen atoms in total.